The summed E-state index contributed by atoms with van der Waals surface area (Å²) in [7, 11) is -2.87. The molecular weight excluding hydrogens is 274 g/mol. The van der Waals surface area contributed by atoms with Crippen LogP contribution in [0.3, 0.4) is 0 Å². The van der Waals surface area contributed by atoms with Gasteiger partial charge in [-0.1, -0.05) is 0 Å². The van der Waals surface area contributed by atoms with E-state index in [1.165, 1.54) is 15.7 Å². The Morgan fingerprint density at radius 1 is 1.41 bits per heavy atom. The summed E-state index contributed by atoms with van der Waals surface area (Å²) >= 11 is 3.42. The fourth-order valence-electron chi connectivity index (χ4n) is 1.67. The minimum absolute atomic E-state index is 0.0404. The van der Waals surface area contributed by atoms with E-state index in [9.17, 15) is 8.42 Å². The highest BCUT2D eigenvalue weighted by molar-refractivity contribution is 7.90. The van der Waals surface area contributed by atoms with Crippen LogP contribution in [-0.4, -0.2) is 20.4 Å². The van der Waals surface area contributed by atoms with Crippen LogP contribution in [0.2, 0.25) is 0 Å². The van der Waals surface area contributed by atoms with E-state index in [1.54, 1.807) is 22.7 Å². The number of hydrogen-bond donors (Lipinski definition) is 1. The molecule has 17 heavy (non-hydrogen) atoms. The van der Waals surface area contributed by atoms with Gasteiger partial charge < -0.3 is 5.73 Å². The van der Waals surface area contributed by atoms with Crippen LogP contribution in [0.5, 0.6) is 0 Å². The fourth-order valence-corrected chi connectivity index (χ4v) is 4.52. The normalized spacial score (nSPS) is 14.2. The van der Waals surface area contributed by atoms with Crippen molar-refractivity contribution >= 4 is 41.9 Å². The Hall–Kier alpha value is -0.430. The topological polar surface area (TPSA) is 60.2 Å². The molecule has 0 saturated heterocycles. The molecule has 2 aromatic heterocycles. The van der Waals surface area contributed by atoms with Gasteiger partial charge >= 0.3 is 0 Å². The summed E-state index contributed by atoms with van der Waals surface area (Å²) in [5.41, 5.74) is 6.07. The Morgan fingerprint density at radius 2 is 2.18 bits per heavy atom. The second-order valence-electron chi connectivity index (χ2n) is 4.18. The van der Waals surface area contributed by atoms with E-state index in [1.807, 2.05) is 0 Å². The van der Waals surface area contributed by atoms with Gasteiger partial charge in [-0.3, -0.25) is 0 Å². The van der Waals surface area contributed by atoms with Crippen molar-refractivity contribution in [3.8, 4) is 0 Å². The third-order valence-corrected chi connectivity index (χ3v) is 5.81. The van der Waals surface area contributed by atoms with E-state index in [0.29, 0.717) is 6.42 Å². The molecule has 0 aliphatic heterocycles. The summed E-state index contributed by atoms with van der Waals surface area (Å²) < 4.78 is 24.6. The van der Waals surface area contributed by atoms with Crippen molar-refractivity contribution in [2.45, 2.75) is 18.9 Å². The van der Waals surface area contributed by atoms with Gasteiger partial charge in [0.05, 0.1) is 0 Å². The van der Waals surface area contributed by atoms with Gasteiger partial charge in [0, 0.05) is 32.3 Å². The Bertz CT molecular complexity index is 569. The summed E-state index contributed by atoms with van der Waals surface area (Å²) in [4.78, 5) is 1.15. The van der Waals surface area contributed by atoms with Gasteiger partial charge in [-0.15, -0.1) is 22.7 Å². The highest BCUT2D eigenvalue weighted by Crippen LogP contribution is 2.33. The van der Waals surface area contributed by atoms with E-state index in [2.05, 4.69) is 17.5 Å². The van der Waals surface area contributed by atoms with Crippen molar-refractivity contribution in [1.29, 1.82) is 0 Å². The molecule has 3 nitrogen and oxygen atoms in total. The van der Waals surface area contributed by atoms with Crippen LogP contribution in [0.15, 0.2) is 17.5 Å². The van der Waals surface area contributed by atoms with Crippen LogP contribution < -0.4 is 5.73 Å². The molecule has 0 saturated carbocycles. The summed E-state index contributed by atoms with van der Waals surface area (Å²) in [6.07, 6.45) is 2.62. The number of thiophene rings is 2. The second-order valence-corrected chi connectivity index (χ2v) is 8.50. The first-order valence-electron chi connectivity index (χ1n) is 5.36. The first-order chi connectivity index (χ1) is 7.96. The predicted molar refractivity (Wildman–Crippen MR) is 75.6 cm³/mol. The quantitative estimate of drug-likeness (QED) is 0.920. The molecule has 2 heterocycles. The summed E-state index contributed by atoms with van der Waals surface area (Å²) in [5, 5.41) is 2.07. The molecule has 0 spiro atoms. The molecule has 2 N–H and O–H groups in total. The SMILES string of the molecule is CS(=O)(=O)CCCC(N)c1cc2sccc2s1. The lowest BCUT2D eigenvalue weighted by Gasteiger charge is -2.08. The van der Waals surface area contributed by atoms with Crippen molar-refractivity contribution in [2.75, 3.05) is 12.0 Å². The van der Waals surface area contributed by atoms with Gasteiger partial charge in [0.25, 0.3) is 0 Å². The maximum Gasteiger partial charge on any atom is 0.147 e. The zero-order chi connectivity index (χ0) is 12.5. The zero-order valence-corrected chi connectivity index (χ0v) is 12.0. The summed E-state index contributed by atoms with van der Waals surface area (Å²) in [6, 6.07) is 4.18. The first kappa shape index (κ1) is 13.0. The molecule has 0 radical (unpaired) electrons. The molecular formula is C11H15NO2S3. The third-order valence-electron chi connectivity index (χ3n) is 2.55. The Kier molecular flexibility index (Phi) is 3.87. The molecule has 0 fully saturated rings. The lowest BCUT2D eigenvalue weighted by atomic mass is 10.1. The van der Waals surface area contributed by atoms with Crippen LogP contribution in [0, 0.1) is 0 Å². The molecule has 1 unspecified atom stereocenters. The number of hydrogen-bond acceptors (Lipinski definition) is 5. The molecule has 6 heteroatoms. The smallest absolute Gasteiger partial charge is 0.147 e. The van der Waals surface area contributed by atoms with E-state index in [4.69, 9.17) is 5.73 Å². The van der Waals surface area contributed by atoms with E-state index in [0.717, 1.165) is 11.3 Å². The maximum atomic E-state index is 11.0. The number of rotatable bonds is 5. The maximum absolute atomic E-state index is 11.0. The molecule has 2 aromatic rings. The van der Waals surface area contributed by atoms with Crippen molar-refractivity contribution in [3.05, 3.63) is 22.4 Å². The van der Waals surface area contributed by atoms with Crippen molar-refractivity contribution in [3.63, 3.8) is 0 Å². The molecule has 2 rings (SSSR count). The molecule has 0 aliphatic carbocycles. The van der Waals surface area contributed by atoms with E-state index >= 15 is 0 Å². The number of nitrogens with two attached hydrogens (primary N) is 1. The molecule has 0 aliphatic rings. The van der Waals surface area contributed by atoms with E-state index < -0.39 is 9.84 Å². The lowest BCUT2D eigenvalue weighted by Crippen LogP contribution is -2.11. The van der Waals surface area contributed by atoms with Crippen LogP contribution in [0.1, 0.15) is 23.8 Å². The standard InChI is InChI=1S/C11H15NO2S3/c1-17(13,14)6-2-3-8(12)10-7-11-9(16-10)4-5-15-11/h4-5,7-8H,2-3,6,12H2,1H3. The van der Waals surface area contributed by atoms with Gasteiger partial charge in [0.15, 0.2) is 0 Å². The minimum atomic E-state index is -2.87. The monoisotopic (exact) mass is 289 g/mol. The summed E-state index contributed by atoms with van der Waals surface area (Å²) in [6.45, 7) is 0. The molecule has 0 amide bonds. The first-order valence-corrected chi connectivity index (χ1v) is 9.11. The highest BCUT2D eigenvalue weighted by Gasteiger charge is 2.12. The van der Waals surface area contributed by atoms with Gasteiger partial charge in [-0.05, 0) is 30.4 Å². The van der Waals surface area contributed by atoms with Crippen LogP contribution in [0.25, 0.3) is 9.40 Å². The average molecular weight is 289 g/mol. The Labute approximate surface area is 109 Å². The summed E-state index contributed by atoms with van der Waals surface area (Å²) in [5.74, 6) is 0.223. The molecule has 0 aromatic carbocycles. The largest absolute Gasteiger partial charge is 0.323 e. The molecule has 1 atom stereocenters. The van der Waals surface area contributed by atoms with Crippen molar-refractivity contribution in [1.82, 2.24) is 0 Å². The van der Waals surface area contributed by atoms with Gasteiger partial charge in [0.2, 0.25) is 0 Å². The zero-order valence-electron chi connectivity index (χ0n) is 9.55. The second kappa shape index (κ2) is 5.06. The fraction of sp³-hybridized carbons (Fsp3) is 0.455. The highest BCUT2D eigenvalue weighted by atomic mass is 32.2. The number of sulfone groups is 1. The van der Waals surface area contributed by atoms with Gasteiger partial charge in [0.1, 0.15) is 9.84 Å². The Balaban J connectivity index is 1.96. The average Bonchev–Trinajstić information content (AvgIpc) is 2.73. The Morgan fingerprint density at radius 3 is 2.82 bits per heavy atom. The number of fused-ring (bicyclic) bond motifs is 1. The predicted octanol–water partition coefficient (Wildman–Crippen LogP) is 2.79. The van der Waals surface area contributed by atoms with Gasteiger partial charge in [-0.25, -0.2) is 8.42 Å². The molecule has 94 valence electrons. The lowest BCUT2D eigenvalue weighted by molar-refractivity contribution is 0.589. The molecule has 0 bridgehead atoms. The van der Waals surface area contributed by atoms with Crippen LogP contribution in [-0.2, 0) is 9.84 Å². The van der Waals surface area contributed by atoms with E-state index in [-0.39, 0.29) is 11.8 Å². The van der Waals surface area contributed by atoms with Crippen LogP contribution in [0.4, 0.5) is 0 Å². The third kappa shape index (κ3) is 3.51. The van der Waals surface area contributed by atoms with Gasteiger partial charge in [-0.2, -0.15) is 0 Å². The van der Waals surface area contributed by atoms with Crippen molar-refractivity contribution < 1.29 is 8.42 Å². The van der Waals surface area contributed by atoms with Crippen molar-refractivity contribution in [2.24, 2.45) is 5.73 Å². The minimum Gasteiger partial charge on any atom is -0.323 e. The van der Waals surface area contributed by atoms with Crippen LogP contribution >= 0.6 is 22.7 Å².